The van der Waals surface area contributed by atoms with Gasteiger partial charge in [-0.15, -0.1) is 0 Å². The molecule has 7 nitrogen and oxygen atoms in total. The first kappa shape index (κ1) is 19.2. The van der Waals surface area contributed by atoms with Crippen LogP contribution < -0.4 is 15.8 Å². The lowest BCUT2D eigenvalue weighted by atomic mass is 10.2. The van der Waals surface area contributed by atoms with Crippen molar-refractivity contribution >= 4 is 17.5 Å². The van der Waals surface area contributed by atoms with Gasteiger partial charge in [-0.05, 0) is 55.5 Å². The highest BCUT2D eigenvalue weighted by atomic mass is 16.5. The Bertz CT molecular complexity index is 947. The molecule has 0 atom stereocenters. The zero-order chi connectivity index (χ0) is 19.9. The number of amides is 2. The van der Waals surface area contributed by atoms with E-state index in [2.05, 4.69) is 10.3 Å². The number of anilines is 1. The number of hydrogen-bond donors (Lipinski definition) is 2. The summed E-state index contributed by atoms with van der Waals surface area (Å²) >= 11 is 0. The van der Waals surface area contributed by atoms with Crippen LogP contribution in [0.15, 0.2) is 59.1 Å². The molecule has 0 radical (unpaired) electrons. The van der Waals surface area contributed by atoms with Crippen LogP contribution in [0.25, 0.3) is 11.3 Å². The average Bonchev–Trinajstić information content (AvgIpc) is 3.17. The molecule has 0 fully saturated rings. The first-order valence-corrected chi connectivity index (χ1v) is 8.93. The second-order valence-electron chi connectivity index (χ2n) is 6.07. The molecule has 3 aromatic rings. The molecule has 2 amide bonds. The van der Waals surface area contributed by atoms with Gasteiger partial charge in [0.1, 0.15) is 5.75 Å². The lowest BCUT2D eigenvalue weighted by Crippen LogP contribution is -2.13. The quantitative estimate of drug-likeness (QED) is 0.624. The van der Waals surface area contributed by atoms with Crippen LogP contribution in [0.1, 0.15) is 29.6 Å². The number of carbonyl (C=O) groups is 2. The van der Waals surface area contributed by atoms with Crippen molar-refractivity contribution in [1.82, 2.24) is 4.98 Å². The molecule has 0 saturated heterocycles. The fourth-order valence-electron chi connectivity index (χ4n) is 2.60. The molecule has 28 heavy (non-hydrogen) atoms. The Balaban J connectivity index is 1.53. The molecule has 1 aromatic heterocycles. The van der Waals surface area contributed by atoms with Crippen molar-refractivity contribution < 1.29 is 18.7 Å². The number of nitrogens with one attached hydrogen (secondary N) is 1. The van der Waals surface area contributed by atoms with E-state index in [1.165, 1.54) is 0 Å². The Morgan fingerprint density at radius 2 is 1.82 bits per heavy atom. The molecule has 0 spiro atoms. The molecule has 0 bridgehead atoms. The summed E-state index contributed by atoms with van der Waals surface area (Å²) in [5, 5.41) is 2.76. The Morgan fingerprint density at radius 1 is 1.11 bits per heavy atom. The van der Waals surface area contributed by atoms with Gasteiger partial charge in [0.25, 0.3) is 0 Å². The van der Waals surface area contributed by atoms with Gasteiger partial charge in [-0.2, -0.15) is 0 Å². The molecular weight excluding hydrogens is 358 g/mol. The number of aryl methyl sites for hydroxylation is 1. The van der Waals surface area contributed by atoms with Crippen LogP contribution in [-0.4, -0.2) is 23.4 Å². The molecule has 0 unspecified atom stereocenters. The molecule has 3 rings (SSSR count). The lowest BCUT2D eigenvalue weighted by molar-refractivity contribution is -0.116. The number of benzene rings is 2. The number of nitrogens with two attached hydrogens (primary N) is 1. The normalized spacial score (nSPS) is 10.5. The molecule has 0 aliphatic heterocycles. The van der Waals surface area contributed by atoms with Crippen molar-refractivity contribution in [3.8, 4) is 17.1 Å². The van der Waals surface area contributed by atoms with Crippen LogP contribution in [0.2, 0.25) is 0 Å². The number of oxazole rings is 1. The van der Waals surface area contributed by atoms with Crippen LogP contribution in [0.3, 0.4) is 0 Å². The molecule has 2 aromatic carbocycles. The van der Waals surface area contributed by atoms with Crippen LogP contribution in [-0.2, 0) is 11.2 Å². The SMILES string of the molecule is CCOc1ccc(-c2cnc(CCC(=O)Nc3ccc(C(N)=O)cc3)o2)cc1. The van der Waals surface area contributed by atoms with Crippen molar-refractivity contribution in [3.05, 3.63) is 66.2 Å². The molecular formula is C21H21N3O4. The van der Waals surface area contributed by atoms with E-state index in [-0.39, 0.29) is 12.3 Å². The number of primary amides is 1. The maximum atomic E-state index is 12.1. The molecule has 144 valence electrons. The summed E-state index contributed by atoms with van der Waals surface area (Å²) in [6.07, 6.45) is 2.24. The summed E-state index contributed by atoms with van der Waals surface area (Å²) in [7, 11) is 0. The largest absolute Gasteiger partial charge is 0.494 e. The standard InChI is InChI=1S/C21H21N3O4/c1-2-27-17-9-5-14(6-10-17)18-13-23-20(28-18)12-11-19(25)24-16-7-3-15(4-8-16)21(22)26/h3-10,13H,2,11-12H2,1H3,(H2,22,26)(H,24,25). The molecule has 1 heterocycles. The summed E-state index contributed by atoms with van der Waals surface area (Å²) in [5.41, 5.74) is 7.07. The Labute approximate surface area is 162 Å². The molecule has 3 N–H and O–H groups in total. The van der Waals surface area contributed by atoms with Crippen molar-refractivity contribution in [3.63, 3.8) is 0 Å². The predicted octanol–water partition coefficient (Wildman–Crippen LogP) is 3.41. The van der Waals surface area contributed by atoms with Gasteiger partial charge in [0.2, 0.25) is 11.8 Å². The fourth-order valence-corrected chi connectivity index (χ4v) is 2.60. The van der Waals surface area contributed by atoms with Gasteiger partial charge < -0.3 is 20.2 Å². The number of rotatable bonds is 8. The van der Waals surface area contributed by atoms with E-state index in [0.717, 1.165) is 11.3 Å². The first-order chi connectivity index (χ1) is 13.5. The number of hydrogen-bond acceptors (Lipinski definition) is 5. The maximum absolute atomic E-state index is 12.1. The number of aromatic nitrogens is 1. The van der Waals surface area contributed by atoms with E-state index in [1.807, 2.05) is 31.2 Å². The molecule has 0 aliphatic carbocycles. The van der Waals surface area contributed by atoms with E-state index in [4.69, 9.17) is 14.9 Å². The van der Waals surface area contributed by atoms with Crippen molar-refractivity contribution in [1.29, 1.82) is 0 Å². The minimum absolute atomic E-state index is 0.173. The third-order valence-electron chi connectivity index (χ3n) is 4.02. The van der Waals surface area contributed by atoms with E-state index in [1.54, 1.807) is 30.5 Å². The number of ether oxygens (including phenoxy) is 1. The van der Waals surface area contributed by atoms with Gasteiger partial charge >= 0.3 is 0 Å². The fraction of sp³-hybridized carbons (Fsp3) is 0.190. The van der Waals surface area contributed by atoms with Crippen LogP contribution in [0, 0.1) is 0 Å². The van der Waals surface area contributed by atoms with E-state index in [9.17, 15) is 9.59 Å². The van der Waals surface area contributed by atoms with Gasteiger partial charge in [-0.3, -0.25) is 9.59 Å². The van der Waals surface area contributed by atoms with Gasteiger partial charge in [0.15, 0.2) is 11.7 Å². The monoisotopic (exact) mass is 379 g/mol. The Kier molecular flexibility index (Phi) is 6.06. The van der Waals surface area contributed by atoms with Gasteiger partial charge in [-0.25, -0.2) is 4.98 Å². The van der Waals surface area contributed by atoms with Crippen LogP contribution in [0.5, 0.6) is 5.75 Å². The van der Waals surface area contributed by atoms with E-state index in [0.29, 0.717) is 35.9 Å². The van der Waals surface area contributed by atoms with Crippen molar-refractivity contribution in [2.45, 2.75) is 19.8 Å². The topological polar surface area (TPSA) is 107 Å². The smallest absolute Gasteiger partial charge is 0.248 e. The van der Waals surface area contributed by atoms with E-state index < -0.39 is 5.91 Å². The predicted molar refractivity (Wildman–Crippen MR) is 105 cm³/mol. The summed E-state index contributed by atoms with van der Waals surface area (Å²) in [6, 6.07) is 13.9. The highest BCUT2D eigenvalue weighted by Gasteiger charge is 2.10. The minimum atomic E-state index is -0.509. The molecule has 7 heteroatoms. The average molecular weight is 379 g/mol. The highest BCUT2D eigenvalue weighted by molar-refractivity contribution is 5.94. The van der Waals surface area contributed by atoms with Gasteiger partial charge in [0.05, 0.1) is 12.8 Å². The van der Waals surface area contributed by atoms with Crippen molar-refractivity contribution in [2.24, 2.45) is 5.73 Å². The molecule has 0 aliphatic rings. The van der Waals surface area contributed by atoms with Gasteiger partial charge in [-0.1, -0.05) is 0 Å². The first-order valence-electron chi connectivity index (χ1n) is 8.93. The Morgan fingerprint density at radius 3 is 2.46 bits per heavy atom. The third kappa shape index (κ3) is 4.97. The van der Waals surface area contributed by atoms with E-state index >= 15 is 0 Å². The molecule has 0 saturated carbocycles. The third-order valence-corrected chi connectivity index (χ3v) is 4.02. The second kappa shape index (κ2) is 8.85. The summed E-state index contributed by atoms with van der Waals surface area (Å²) in [5.74, 6) is 1.24. The lowest BCUT2D eigenvalue weighted by Gasteiger charge is -2.05. The zero-order valence-corrected chi connectivity index (χ0v) is 15.5. The number of nitrogens with zero attached hydrogens (tertiary/aromatic N) is 1. The number of carbonyl (C=O) groups excluding carboxylic acids is 2. The summed E-state index contributed by atoms with van der Waals surface area (Å²) in [4.78, 5) is 27.4. The second-order valence-corrected chi connectivity index (χ2v) is 6.07. The van der Waals surface area contributed by atoms with Crippen LogP contribution in [0.4, 0.5) is 5.69 Å². The van der Waals surface area contributed by atoms with Gasteiger partial charge in [0, 0.05) is 29.7 Å². The van der Waals surface area contributed by atoms with Crippen molar-refractivity contribution in [2.75, 3.05) is 11.9 Å². The summed E-state index contributed by atoms with van der Waals surface area (Å²) in [6.45, 7) is 2.55. The maximum Gasteiger partial charge on any atom is 0.248 e. The summed E-state index contributed by atoms with van der Waals surface area (Å²) < 4.78 is 11.1. The zero-order valence-electron chi connectivity index (χ0n) is 15.5. The Hall–Kier alpha value is -3.61. The minimum Gasteiger partial charge on any atom is -0.494 e. The van der Waals surface area contributed by atoms with Crippen LogP contribution >= 0.6 is 0 Å². The highest BCUT2D eigenvalue weighted by Crippen LogP contribution is 2.23.